The Kier molecular flexibility index (Phi) is 7.35. The molecular weight excluding hydrogens is 462 g/mol. The lowest BCUT2D eigenvalue weighted by Crippen LogP contribution is -2.47. The number of aryl methyl sites for hydroxylation is 2. The Labute approximate surface area is 202 Å². The van der Waals surface area contributed by atoms with Gasteiger partial charge < -0.3 is 0 Å². The molecule has 6 heteroatoms. The minimum absolute atomic E-state index is 0.0455. The number of halogens is 2. The van der Waals surface area contributed by atoms with Gasteiger partial charge in [-0.25, -0.2) is 0 Å². The van der Waals surface area contributed by atoms with E-state index in [0.717, 1.165) is 23.1 Å². The topological polar surface area (TPSA) is 51.2 Å². The van der Waals surface area contributed by atoms with E-state index in [9.17, 15) is 14.2 Å². The van der Waals surface area contributed by atoms with Crippen LogP contribution in [0.15, 0.2) is 30.3 Å². The maximum Gasteiger partial charge on any atom is 0.184 e. The van der Waals surface area contributed by atoms with Gasteiger partial charge in [-0.2, -0.15) is 0 Å². The van der Waals surface area contributed by atoms with Crippen LogP contribution in [-0.4, -0.2) is 16.7 Å². The van der Waals surface area contributed by atoms with Crippen molar-refractivity contribution in [2.45, 2.75) is 70.9 Å². The monoisotopic (exact) mass is 490 g/mol. The molecular formula is C26H29Cl2O3P. The molecule has 2 atom stereocenters. The number of hydrogen-bond acceptors (Lipinski definition) is 3. The van der Waals surface area contributed by atoms with Crippen molar-refractivity contribution >= 4 is 43.2 Å². The van der Waals surface area contributed by atoms with Crippen LogP contribution >= 0.6 is 31.7 Å². The number of carbonyl (C=O) groups is 2. The van der Waals surface area contributed by atoms with Crippen molar-refractivity contribution in [1.82, 2.24) is 0 Å². The third kappa shape index (κ3) is 4.45. The molecule has 3 nitrogen and oxygen atoms in total. The average Bonchev–Trinajstić information content (AvgIpc) is 2.72. The van der Waals surface area contributed by atoms with Crippen molar-refractivity contribution in [3.05, 3.63) is 68.2 Å². The van der Waals surface area contributed by atoms with E-state index in [1.54, 1.807) is 18.2 Å². The first-order chi connectivity index (χ1) is 14.9. The largest absolute Gasteiger partial charge is 0.294 e. The van der Waals surface area contributed by atoms with E-state index < -0.39 is 16.9 Å². The summed E-state index contributed by atoms with van der Waals surface area (Å²) in [4.78, 5) is 27.7. The van der Waals surface area contributed by atoms with E-state index in [1.165, 1.54) is 0 Å². The molecule has 0 heterocycles. The molecule has 2 aromatic rings. The number of benzene rings is 2. The highest BCUT2D eigenvalue weighted by atomic mass is 35.5. The van der Waals surface area contributed by atoms with Gasteiger partial charge in [0.25, 0.3) is 0 Å². The summed E-state index contributed by atoms with van der Waals surface area (Å²) < 4.78 is 12.7. The molecule has 0 spiro atoms. The molecule has 0 bridgehead atoms. The highest BCUT2D eigenvalue weighted by Gasteiger charge is 2.52. The van der Waals surface area contributed by atoms with Crippen molar-refractivity contribution in [2.24, 2.45) is 5.92 Å². The molecule has 2 aromatic carbocycles. The van der Waals surface area contributed by atoms with E-state index >= 15 is 0 Å². The van der Waals surface area contributed by atoms with Gasteiger partial charge in [-0.3, -0.25) is 14.2 Å². The molecule has 3 rings (SSSR count). The van der Waals surface area contributed by atoms with Gasteiger partial charge in [-0.15, -0.1) is 0 Å². The van der Waals surface area contributed by atoms with Crippen molar-refractivity contribution in [3.8, 4) is 0 Å². The Hall–Kier alpha value is -1.54. The summed E-state index contributed by atoms with van der Waals surface area (Å²) in [6.07, 6.45) is 2.37. The van der Waals surface area contributed by atoms with Crippen LogP contribution in [-0.2, 0) is 9.98 Å². The van der Waals surface area contributed by atoms with Crippen LogP contribution < -0.4 is 0 Å². The zero-order valence-corrected chi connectivity index (χ0v) is 21.6. The van der Waals surface area contributed by atoms with Gasteiger partial charge >= 0.3 is 0 Å². The van der Waals surface area contributed by atoms with Crippen LogP contribution in [0.5, 0.6) is 0 Å². The Bertz CT molecular complexity index is 1040. The summed E-state index contributed by atoms with van der Waals surface area (Å²) in [5, 5.41) is -0.945. The smallest absolute Gasteiger partial charge is 0.184 e. The molecule has 170 valence electrons. The Balaban J connectivity index is 2.12. The first-order valence-electron chi connectivity index (χ1n) is 10.9. The fraction of sp³-hybridized carbons (Fsp3) is 0.462. The van der Waals surface area contributed by atoms with Gasteiger partial charge in [-0.1, -0.05) is 75.0 Å². The number of hydrogen-bond donors (Lipinski definition) is 0. The van der Waals surface area contributed by atoms with Gasteiger partial charge in [0, 0.05) is 11.5 Å². The standard InChI is InChI=1S/C26H29Cl2O3P/c1-15-13-17(25(3,4)5)14-16(2)21(15)23(29)18-9-6-7-12-26(18,32-31)24(30)22-19(27)10-8-11-20(22)28/h8,10-11,13-14,18H,6-7,9,12H2,1-5H3. The number of rotatable bonds is 5. The summed E-state index contributed by atoms with van der Waals surface area (Å²) in [6, 6.07) is 8.94. The summed E-state index contributed by atoms with van der Waals surface area (Å²) in [5.41, 5.74) is 3.64. The molecule has 2 unspecified atom stereocenters. The normalized spacial score (nSPS) is 21.5. The van der Waals surface area contributed by atoms with Crippen LogP contribution in [0.3, 0.4) is 0 Å². The van der Waals surface area contributed by atoms with Crippen LogP contribution in [0.4, 0.5) is 0 Å². The lowest BCUT2D eigenvalue weighted by molar-refractivity contribution is 0.0745. The first kappa shape index (κ1) is 25.1. The second-order valence-electron chi connectivity index (χ2n) is 9.84. The number of ketones is 2. The zero-order chi connectivity index (χ0) is 23.8. The minimum Gasteiger partial charge on any atom is -0.294 e. The molecule has 0 radical (unpaired) electrons. The SMILES string of the molecule is Cc1cc(C(C)(C)C)cc(C)c1C(=O)C1CCCCC1(P=O)C(=O)c1c(Cl)cccc1Cl. The van der Waals surface area contributed by atoms with Gasteiger partial charge in [0.15, 0.2) is 20.0 Å². The predicted octanol–water partition coefficient (Wildman–Crippen LogP) is 8.19. The summed E-state index contributed by atoms with van der Waals surface area (Å²) >= 11 is 12.6. The van der Waals surface area contributed by atoms with E-state index in [2.05, 4.69) is 20.8 Å². The average molecular weight is 491 g/mol. The van der Waals surface area contributed by atoms with Crippen molar-refractivity contribution in [3.63, 3.8) is 0 Å². The zero-order valence-electron chi connectivity index (χ0n) is 19.2. The highest BCUT2D eigenvalue weighted by molar-refractivity contribution is 7.28. The summed E-state index contributed by atoms with van der Waals surface area (Å²) in [6.45, 7) is 10.3. The molecule has 0 amide bonds. The van der Waals surface area contributed by atoms with E-state index in [4.69, 9.17) is 23.2 Å². The Morgan fingerprint density at radius 2 is 1.56 bits per heavy atom. The van der Waals surface area contributed by atoms with Crippen molar-refractivity contribution in [1.29, 1.82) is 0 Å². The lowest BCUT2D eigenvalue weighted by Gasteiger charge is -2.38. The van der Waals surface area contributed by atoms with E-state index in [1.807, 2.05) is 26.0 Å². The van der Waals surface area contributed by atoms with Crippen molar-refractivity contribution < 1.29 is 14.2 Å². The van der Waals surface area contributed by atoms with Crippen LogP contribution in [0, 0.1) is 19.8 Å². The molecule has 32 heavy (non-hydrogen) atoms. The number of Topliss-reactive ketones (excluding diaryl/α,β-unsaturated/α-hetero) is 2. The maximum atomic E-state index is 13.9. The molecule has 1 aliphatic carbocycles. The molecule has 0 N–H and O–H groups in total. The molecule has 1 saturated carbocycles. The van der Waals surface area contributed by atoms with Gasteiger partial charge in [0.2, 0.25) is 0 Å². The lowest BCUT2D eigenvalue weighted by atomic mass is 9.70. The van der Waals surface area contributed by atoms with E-state index in [0.29, 0.717) is 24.8 Å². The highest BCUT2D eigenvalue weighted by Crippen LogP contribution is 2.49. The first-order valence-corrected chi connectivity index (χ1v) is 12.5. The second kappa shape index (κ2) is 9.37. The Morgan fingerprint density at radius 1 is 1.00 bits per heavy atom. The quantitative estimate of drug-likeness (QED) is 0.313. The molecule has 0 aromatic heterocycles. The second-order valence-corrected chi connectivity index (χ2v) is 11.6. The fourth-order valence-corrected chi connectivity index (χ4v) is 6.20. The van der Waals surface area contributed by atoms with Crippen LogP contribution in [0.2, 0.25) is 10.0 Å². The van der Waals surface area contributed by atoms with Gasteiger partial charge in [-0.05, 0) is 60.9 Å². The van der Waals surface area contributed by atoms with Crippen LogP contribution in [0.1, 0.15) is 83.9 Å². The molecule has 1 fully saturated rings. The van der Waals surface area contributed by atoms with Crippen LogP contribution in [0.25, 0.3) is 0 Å². The van der Waals surface area contributed by atoms with E-state index in [-0.39, 0.29) is 35.3 Å². The molecule has 0 saturated heterocycles. The summed E-state index contributed by atoms with van der Waals surface area (Å²) in [5.74, 6) is -1.24. The maximum absolute atomic E-state index is 13.9. The third-order valence-corrected chi connectivity index (χ3v) is 8.28. The Morgan fingerprint density at radius 3 is 2.06 bits per heavy atom. The van der Waals surface area contributed by atoms with Crippen molar-refractivity contribution in [2.75, 3.05) is 0 Å². The van der Waals surface area contributed by atoms with Gasteiger partial charge in [0.1, 0.15) is 5.16 Å². The fourth-order valence-electron chi connectivity index (χ4n) is 4.82. The van der Waals surface area contributed by atoms with Gasteiger partial charge in [0.05, 0.1) is 15.6 Å². The summed E-state index contributed by atoms with van der Waals surface area (Å²) in [7, 11) is -0.368. The predicted molar refractivity (Wildman–Crippen MR) is 132 cm³/mol. The number of carbonyl (C=O) groups excluding carboxylic acids is 2. The molecule has 1 aliphatic rings. The minimum atomic E-state index is -1.37. The molecule has 0 aliphatic heterocycles. The third-order valence-electron chi connectivity index (χ3n) is 6.58.